The zero-order valence-corrected chi connectivity index (χ0v) is 10.5. The van der Waals surface area contributed by atoms with Crippen molar-refractivity contribution in [1.82, 2.24) is 4.90 Å². The topological polar surface area (TPSA) is 91.0 Å². The van der Waals surface area contributed by atoms with Crippen LogP contribution in [-0.4, -0.2) is 45.7 Å². The number of amides is 1. The number of benzene rings is 1. The highest BCUT2D eigenvalue weighted by atomic mass is 16.4. The Kier molecular flexibility index (Phi) is 2.94. The van der Waals surface area contributed by atoms with E-state index in [2.05, 4.69) is 0 Å². The molecule has 1 aromatic carbocycles. The zero-order chi connectivity index (χ0) is 14.3. The van der Waals surface area contributed by atoms with Gasteiger partial charge in [-0.1, -0.05) is 18.2 Å². The summed E-state index contributed by atoms with van der Waals surface area (Å²) in [5.74, 6) is -1.54. The van der Waals surface area contributed by atoms with Crippen LogP contribution in [0.3, 0.4) is 0 Å². The SMILES string of the molecule is O=C(O)[C@@H]1C[C@@H](O)CN1C(=O)c1cc2ccccc2o1. The third-order valence-corrected chi connectivity index (χ3v) is 3.46. The minimum absolute atomic E-state index is 0.00679. The Balaban J connectivity index is 1.93. The molecule has 6 heteroatoms. The molecule has 0 aliphatic carbocycles. The van der Waals surface area contributed by atoms with E-state index >= 15 is 0 Å². The predicted octanol–water partition coefficient (Wildman–Crippen LogP) is 1.09. The van der Waals surface area contributed by atoms with Crippen LogP contribution in [0.1, 0.15) is 17.0 Å². The van der Waals surface area contributed by atoms with Crippen LogP contribution in [0.4, 0.5) is 0 Å². The lowest BCUT2D eigenvalue weighted by Gasteiger charge is -2.19. The third-order valence-electron chi connectivity index (χ3n) is 3.46. The van der Waals surface area contributed by atoms with Gasteiger partial charge in [-0.3, -0.25) is 4.79 Å². The fourth-order valence-corrected chi connectivity index (χ4v) is 2.50. The van der Waals surface area contributed by atoms with Crippen molar-refractivity contribution in [2.24, 2.45) is 0 Å². The van der Waals surface area contributed by atoms with E-state index in [4.69, 9.17) is 9.52 Å². The highest BCUT2D eigenvalue weighted by Crippen LogP contribution is 2.24. The summed E-state index contributed by atoms with van der Waals surface area (Å²) >= 11 is 0. The highest BCUT2D eigenvalue weighted by molar-refractivity contribution is 5.98. The first kappa shape index (κ1) is 12.7. The molecular formula is C14H13NO5. The van der Waals surface area contributed by atoms with Gasteiger partial charge in [0.1, 0.15) is 11.6 Å². The van der Waals surface area contributed by atoms with Gasteiger partial charge in [0.05, 0.1) is 6.10 Å². The van der Waals surface area contributed by atoms with Crippen molar-refractivity contribution in [2.45, 2.75) is 18.6 Å². The molecule has 1 aliphatic heterocycles. The van der Waals surface area contributed by atoms with E-state index in [1.54, 1.807) is 18.2 Å². The van der Waals surface area contributed by atoms with Gasteiger partial charge in [0.25, 0.3) is 5.91 Å². The number of nitrogens with zero attached hydrogens (tertiary/aromatic N) is 1. The van der Waals surface area contributed by atoms with Gasteiger partial charge >= 0.3 is 5.97 Å². The second-order valence-electron chi connectivity index (χ2n) is 4.85. The molecule has 104 valence electrons. The largest absolute Gasteiger partial charge is 0.480 e. The lowest BCUT2D eigenvalue weighted by molar-refractivity contribution is -0.141. The second kappa shape index (κ2) is 4.64. The fraction of sp³-hybridized carbons (Fsp3) is 0.286. The van der Waals surface area contributed by atoms with E-state index in [-0.39, 0.29) is 18.7 Å². The van der Waals surface area contributed by atoms with Crippen molar-refractivity contribution in [2.75, 3.05) is 6.54 Å². The number of β-amino-alcohol motifs (C(OH)–C–C–N with tert-alkyl or cyclic N) is 1. The van der Waals surface area contributed by atoms with Crippen molar-refractivity contribution in [3.05, 3.63) is 36.1 Å². The molecule has 1 fully saturated rings. The number of hydrogen-bond acceptors (Lipinski definition) is 4. The summed E-state index contributed by atoms with van der Waals surface area (Å²) in [6.07, 6.45) is -0.772. The average Bonchev–Trinajstić information content (AvgIpc) is 3.01. The van der Waals surface area contributed by atoms with Crippen LogP contribution in [0, 0.1) is 0 Å². The first-order chi connectivity index (χ1) is 9.56. The molecule has 0 spiro atoms. The first-order valence-corrected chi connectivity index (χ1v) is 6.26. The average molecular weight is 275 g/mol. The van der Waals surface area contributed by atoms with Gasteiger partial charge in [0.15, 0.2) is 5.76 Å². The quantitative estimate of drug-likeness (QED) is 0.856. The van der Waals surface area contributed by atoms with Crippen LogP contribution in [-0.2, 0) is 4.79 Å². The van der Waals surface area contributed by atoms with Crippen LogP contribution < -0.4 is 0 Å². The predicted molar refractivity (Wildman–Crippen MR) is 69.3 cm³/mol. The lowest BCUT2D eigenvalue weighted by atomic mass is 10.2. The number of furan rings is 1. The number of rotatable bonds is 2. The van der Waals surface area contributed by atoms with Crippen LogP contribution in [0.15, 0.2) is 34.7 Å². The third kappa shape index (κ3) is 2.04. The fourth-order valence-electron chi connectivity index (χ4n) is 2.50. The van der Waals surface area contributed by atoms with Crippen molar-refractivity contribution in [1.29, 1.82) is 0 Å². The normalized spacial score (nSPS) is 22.4. The molecule has 0 saturated carbocycles. The number of aliphatic hydroxyl groups is 1. The molecule has 0 radical (unpaired) electrons. The van der Waals surface area contributed by atoms with E-state index in [1.807, 2.05) is 12.1 Å². The maximum Gasteiger partial charge on any atom is 0.326 e. The Bertz CT molecular complexity index is 644. The molecule has 1 aromatic heterocycles. The Morgan fingerprint density at radius 2 is 2.05 bits per heavy atom. The van der Waals surface area contributed by atoms with Gasteiger partial charge in [-0.25, -0.2) is 4.79 Å². The Morgan fingerprint density at radius 1 is 1.30 bits per heavy atom. The van der Waals surface area contributed by atoms with Gasteiger partial charge < -0.3 is 19.5 Å². The van der Waals surface area contributed by atoms with E-state index in [1.165, 1.54) is 0 Å². The van der Waals surface area contributed by atoms with Gasteiger partial charge in [-0.2, -0.15) is 0 Å². The summed E-state index contributed by atoms with van der Waals surface area (Å²) in [4.78, 5) is 24.6. The summed E-state index contributed by atoms with van der Waals surface area (Å²) in [6.45, 7) is 0.00679. The van der Waals surface area contributed by atoms with Gasteiger partial charge in [0, 0.05) is 18.4 Å². The summed E-state index contributed by atoms with van der Waals surface area (Å²) in [5, 5.41) is 19.4. The number of likely N-dealkylation sites (tertiary alicyclic amines) is 1. The van der Waals surface area contributed by atoms with E-state index in [0.29, 0.717) is 5.58 Å². The molecule has 1 saturated heterocycles. The van der Waals surface area contributed by atoms with Crippen molar-refractivity contribution < 1.29 is 24.2 Å². The number of carboxylic acid groups (broad SMARTS) is 1. The van der Waals surface area contributed by atoms with Crippen molar-refractivity contribution >= 4 is 22.8 Å². The minimum atomic E-state index is -1.12. The molecule has 0 bridgehead atoms. The molecule has 1 amide bonds. The van der Waals surface area contributed by atoms with Gasteiger partial charge in [-0.15, -0.1) is 0 Å². The van der Waals surface area contributed by atoms with Crippen LogP contribution in [0.2, 0.25) is 0 Å². The standard InChI is InChI=1S/C14H13NO5/c16-9-6-10(14(18)19)15(7-9)13(17)12-5-8-3-1-2-4-11(8)20-12/h1-5,9-10,16H,6-7H2,(H,18,19)/t9-,10+/m1/s1. The number of carbonyl (C=O) groups excluding carboxylic acids is 1. The Labute approximate surface area is 114 Å². The summed E-state index contributed by atoms with van der Waals surface area (Å²) in [5.41, 5.74) is 0.572. The number of carboxylic acids is 1. The van der Waals surface area contributed by atoms with Crippen molar-refractivity contribution in [3.63, 3.8) is 0 Å². The molecule has 1 aliphatic rings. The molecule has 0 unspecified atom stereocenters. The van der Waals surface area contributed by atoms with Crippen LogP contribution >= 0.6 is 0 Å². The number of hydrogen-bond donors (Lipinski definition) is 2. The second-order valence-corrected chi connectivity index (χ2v) is 4.85. The molecule has 6 nitrogen and oxygen atoms in total. The summed E-state index contributed by atoms with van der Waals surface area (Å²) in [7, 11) is 0. The number of carbonyl (C=O) groups is 2. The first-order valence-electron chi connectivity index (χ1n) is 6.26. The molecule has 2 heterocycles. The smallest absolute Gasteiger partial charge is 0.326 e. The van der Waals surface area contributed by atoms with Gasteiger partial charge in [-0.05, 0) is 12.1 Å². The van der Waals surface area contributed by atoms with E-state index in [0.717, 1.165) is 10.3 Å². The molecule has 2 N–H and O–H groups in total. The summed E-state index contributed by atoms with van der Waals surface area (Å²) < 4.78 is 5.44. The van der Waals surface area contributed by atoms with E-state index in [9.17, 15) is 14.7 Å². The zero-order valence-electron chi connectivity index (χ0n) is 10.5. The Morgan fingerprint density at radius 3 is 2.75 bits per heavy atom. The van der Waals surface area contributed by atoms with Crippen LogP contribution in [0.5, 0.6) is 0 Å². The lowest BCUT2D eigenvalue weighted by Crippen LogP contribution is -2.40. The number of aliphatic hydroxyl groups excluding tert-OH is 1. The molecule has 3 rings (SSSR count). The van der Waals surface area contributed by atoms with E-state index < -0.39 is 24.0 Å². The number of fused-ring (bicyclic) bond motifs is 1. The monoisotopic (exact) mass is 275 g/mol. The minimum Gasteiger partial charge on any atom is -0.480 e. The van der Waals surface area contributed by atoms with Crippen molar-refractivity contribution in [3.8, 4) is 0 Å². The molecule has 2 atom stereocenters. The maximum absolute atomic E-state index is 12.3. The maximum atomic E-state index is 12.3. The summed E-state index contributed by atoms with van der Waals surface area (Å²) in [6, 6.07) is 7.74. The molecular weight excluding hydrogens is 262 g/mol. The highest BCUT2D eigenvalue weighted by Gasteiger charge is 2.40. The number of aliphatic carboxylic acids is 1. The van der Waals surface area contributed by atoms with Gasteiger partial charge in [0.2, 0.25) is 0 Å². The Hall–Kier alpha value is -2.34. The molecule has 20 heavy (non-hydrogen) atoms. The molecule has 2 aromatic rings. The number of para-hydroxylation sites is 1. The van der Waals surface area contributed by atoms with Crippen LogP contribution in [0.25, 0.3) is 11.0 Å².